The number of piperazine rings is 1. The molecule has 0 aliphatic carbocycles. The third-order valence-electron chi connectivity index (χ3n) is 5.54. The summed E-state index contributed by atoms with van der Waals surface area (Å²) in [6.07, 6.45) is 4.20. The molecule has 4 heterocycles. The molecule has 2 aliphatic rings. The zero-order valence-electron chi connectivity index (χ0n) is 16.5. The van der Waals surface area contributed by atoms with E-state index in [1.165, 1.54) is 6.92 Å². The van der Waals surface area contributed by atoms with E-state index < -0.39 is 0 Å². The van der Waals surface area contributed by atoms with Crippen LogP contribution in [-0.4, -0.2) is 63.3 Å². The maximum Gasteiger partial charge on any atom is 0.290 e. The number of furan rings is 1. The molecule has 1 saturated heterocycles. The minimum absolute atomic E-state index is 0.0193. The van der Waals surface area contributed by atoms with Gasteiger partial charge in [-0.3, -0.25) is 14.4 Å². The lowest BCUT2D eigenvalue weighted by molar-refractivity contribution is -0.130. The van der Waals surface area contributed by atoms with Crippen LogP contribution in [0.2, 0.25) is 0 Å². The van der Waals surface area contributed by atoms with E-state index in [2.05, 4.69) is 10.3 Å². The maximum atomic E-state index is 13.1. The highest BCUT2D eigenvalue weighted by Crippen LogP contribution is 2.22. The molecule has 0 radical (unpaired) electrons. The van der Waals surface area contributed by atoms with Gasteiger partial charge in [0.15, 0.2) is 5.82 Å². The van der Waals surface area contributed by atoms with Gasteiger partial charge in [0, 0.05) is 39.6 Å². The van der Waals surface area contributed by atoms with Gasteiger partial charge >= 0.3 is 0 Å². The number of hydrogen-bond acceptors (Lipinski definition) is 5. The molecule has 154 valence electrons. The first kappa shape index (κ1) is 19.2. The van der Waals surface area contributed by atoms with Crippen LogP contribution in [0.4, 0.5) is 0 Å². The summed E-state index contributed by atoms with van der Waals surface area (Å²) in [6.45, 7) is 4.48. The summed E-state index contributed by atoms with van der Waals surface area (Å²) in [4.78, 5) is 45.3. The van der Waals surface area contributed by atoms with Gasteiger partial charge in [0.05, 0.1) is 18.5 Å². The quantitative estimate of drug-likeness (QED) is 0.828. The topological polar surface area (TPSA) is 101 Å². The number of nitrogens with one attached hydrogen (secondary N) is 1. The van der Waals surface area contributed by atoms with Crippen molar-refractivity contribution in [1.29, 1.82) is 0 Å². The van der Waals surface area contributed by atoms with Gasteiger partial charge in [0.2, 0.25) is 5.91 Å². The third-order valence-corrected chi connectivity index (χ3v) is 5.54. The van der Waals surface area contributed by atoms with Gasteiger partial charge in [-0.05, 0) is 31.4 Å². The van der Waals surface area contributed by atoms with Crippen LogP contribution in [0.1, 0.15) is 52.3 Å². The van der Waals surface area contributed by atoms with E-state index >= 15 is 0 Å². The number of rotatable bonds is 4. The van der Waals surface area contributed by atoms with Crippen molar-refractivity contribution in [3.8, 4) is 0 Å². The average molecular weight is 399 g/mol. The van der Waals surface area contributed by atoms with Crippen molar-refractivity contribution < 1.29 is 18.8 Å². The molecule has 0 spiro atoms. The Morgan fingerprint density at radius 1 is 1.10 bits per heavy atom. The zero-order chi connectivity index (χ0) is 20.4. The van der Waals surface area contributed by atoms with Crippen LogP contribution in [0.5, 0.6) is 0 Å². The molecule has 1 N–H and O–H groups in total. The second-order valence-corrected chi connectivity index (χ2v) is 7.40. The Balaban J connectivity index is 1.52. The molecule has 0 saturated carbocycles. The van der Waals surface area contributed by atoms with E-state index in [1.807, 2.05) is 4.57 Å². The molecule has 2 aromatic rings. The number of carbonyl (C=O) groups is 3. The summed E-state index contributed by atoms with van der Waals surface area (Å²) in [5.74, 6) is 0.518. The number of aromatic nitrogens is 2. The summed E-state index contributed by atoms with van der Waals surface area (Å²) >= 11 is 0. The number of imidazole rings is 1. The summed E-state index contributed by atoms with van der Waals surface area (Å²) in [7, 11) is 0. The molecule has 2 aliphatic heterocycles. The van der Waals surface area contributed by atoms with Crippen molar-refractivity contribution >= 4 is 17.7 Å². The van der Waals surface area contributed by atoms with Gasteiger partial charge < -0.3 is 24.1 Å². The van der Waals surface area contributed by atoms with Crippen molar-refractivity contribution in [3.05, 3.63) is 41.4 Å². The summed E-state index contributed by atoms with van der Waals surface area (Å²) in [5, 5.41) is 2.82. The minimum atomic E-state index is -0.299. The van der Waals surface area contributed by atoms with Crippen LogP contribution in [0, 0.1) is 0 Å². The van der Waals surface area contributed by atoms with Crippen LogP contribution >= 0.6 is 0 Å². The van der Waals surface area contributed by atoms with Crippen molar-refractivity contribution in [3.63, 3.8) is 0 Å². The number of carbonyl (C=O) groups excluding carboxylic acids is 3. The molecule has 0 unspecified atom stereocenters. The monoisotopic (exact) mass is 399 g/mol. The van der Waals surface area contributed by atoms with E-state index in [1.54, 1.807) is 28.2 Å². The van der Waals surface area contributed by atoms with Crippen molar-refractivity contribution in [2.24, 2.45) is 0 Å². The van der Waals surface area contributed by atoms with E-state index in [4.69, 9.17) is 4.42 Å². The number of nitrogens with zero attached hydrogens (tertiary/aromatic N) is 4. The Bertz CT molecular complexity index is 910. The second-order valence-electron chi connectivity index (χ2n) is 7.40. The molecule has 2 aromatic heterocycles. The fourth-order valence-electron chi connectivity index (χ4n) is 3.92. The Morgan fingerprint density at radius 3 is 2.55 bits per heavy atom. The number of amides is 3. The number of fused-ring (bicyclic) bond motifs is 1. The third kappa shape index (κ3) is 3.90. The molecule has 29 heavy (non-hydrogen) atoms. The standard InChI is InChI=1S/C20H25N5O4/c1-14(26)23-8-10-24(11-9-23)20(28)18-22-17(16-6-2-3-7-25(16)18)19(27)21-13-15-5-4-12-29-15/h4-5,12H,2-3,6-11,13H2,1H3,(H,21,27). The largest absolute Gasteiger partial charge is 0.467 e. The van der Waals surface area contributed by atoms with Gasteiger partial charge in [-0.2, -0.15) is 0 Å². The second kappa shape index (κ2) is 8.10. The first-order chi connectivity index (χ1) is 14.0. The van der Waals surface area contributed by atoms with Crippen LogP contribution in [0.15, 0.2) is 22.8 Å². The molecule has 9 heteroatoms. The lowest BCUT2D eigenvalue weighted by Gasteiger charge is -2.34. The molecular formula is C20H25N5O4. The summed E-state index contributed by atoms with van der Waals surface area (Å²) in [5.41, 5.74) is 1.14. The van der Waals surface area contributed by atoms with Gasteiger partial charge in [-0.15, -0.1) is 0 Å². The van der Waals surface area contributed by atoms with Crippen LogP contribution in [0.25, 0.3) is 0 Å². The van der Waals surface area contributed by atoms with Gasteiger partial charge in [0.1, 0.15) is 11.5 Å². The van der Waals surface area contributed by atoms with Crippen LogP contribution in [-0.2, 0) is 24.3 Å². The van der Waals surface area contributed by atoms with Crippen molar-refractivity contribution in [2.75, 3.05) is 26.2 Å². The number of hydrogen-bond donors (Lipinski definition) is 1. The lowest BCUT2D eigenvalue weighted by Crippen LogP contribution is -2.50. The average Bonchev–Trinajstić information content (AvgIpc) is 3.39. The fraction of sp³-hybridized carbons (Fsp3) is 0.500. The highest BCUT2D eigenvalue weighted by molar-refractivity contribution is 5.97. The van der Waals surface area contributed by atoms with E-state index in [9.17, 15) is 14.4 Å². The highest BCUT2D eigenvalue weighted by Gasteiger charge is 2.31. The van der Waals surface area contributed by atoms with E-state index in [0.29, 0.717) is 50.0 Å². The first-order valence-corrected chi connectivity index (χ1v) is 9.99. The van der Waals surface area contributed by atoms with Gasteiger partial charge in [-0.25, -0.2) is 4.98 Å². The molecule has 1 fully saturated rings. The summed E-state index contributed by atoms with van der Waals surface area (Å²) in [6, 6.07) is 3.56. The summed E-state index contributed by atoms with van der Waals surface area (Å²) < 4.78 is 7.15. The predicted octanol–water partition coefficient (Wildman–Crippen LogP) is 1.05. The van der Waals surface area contributed by atoms with Gasteiger partial charge in [-0.1, -0.05) is 0 Å². The maximum absolute atomic E-state index is 13.1. The Labute approximate surface area is 168 Å². The Morgan fingerprint density at radius 2 is 1.86 bits per heavy atom. The minimum Gasteiger partial charge on any atom is -0.467 e. The van der Waals surface area contributed by atoms with Gasteiger partial charge in [0.25, 0.3) is 11.8 Å². The molecule has 0 aromatic carbocycles. The normalized spacial score (nSPS) is 16.4. The molecule has 4 rings (SSSR count). The predicted molar refractivity (Wildman–Crippen MR) is 103 cm³/mol. The smallest absolute Gasteiger partial charge is 0.290 e. The first-order valence-electron chi connectivity index (χ1n) is 9.99. The Kier molecular flexibility index (Phi) is 5.37. The molecule has 3 amide bonds. The van der Waals surface area contributed by atoms with Crippen molar-refractivity contribution in [2.45, 2.75) is 39.3 Å². The van der Waals surface area contributed by atoms with Crippen molar-refractivity contribution in [1.82, 2.24) is 24.7 Å². The molecular weight excluding hydrogens is 374 g/mol. The SMILES string of the molecule is CC(=O)N1CCN(C(=O)c2nc(C(=O)NCc3ccco3)c3n2CCCC3)CC1. The van der Waals surface area contributed by atoms with Crippen LogP contribution in [0.3, 0.4) is 0 Å². The fourth-order valence-corrected chi connectivity index (χ4v) is 3.92. The van der Waals surface area contributed by atoms with E-state index in [-0.39, 0.29) is 24.3 Å². The molecule has 9 nitrogen and oxygen atoms in total. The molecule has 0 bridgehead atoms. The lowest BCUT2D eigenvalue weighted by atomic mass is 10.1. The molecule has 0 atom stereocenters. The van der Waals surface area contributed by atoms with Crippen LogP contribution < -0.4 is 5.32 Å². The highest BCUT2D eigenvalue weighted by atomic mass is 16.3. The zero-order valence-corrected chi connectivity index (χ0v) is 16.5. The van der Waals surface area contributed by atoms with E-state index in [0.717, 1.165) is 25.0 Å². The Hall–Kier alpha value is -3.10.